The number of aryl methyl sites for hydroxylation is 1. The summed E-state index contributed by atoms with van der Waals surface area (Å²) < 4.78 is 0. The molecule has 1 aromatic heterocycles. The van der Waals surface area contributed by atoms with Crippen LogP contribution >= 0.6 is 0 Å². The second-order valence-corrected chi connectivity index (χ2v) is 5.59. The Kier molecular flexibility index (Phi) is 3.63. The number of hydrogen-bond acceptors (Lipinski definition) is 2. The molecule has 3 aromatic carbocycles. The van der Waals surface area contributed by atoms with E-state index in [0.717, 1.165) is 22.5 Å². The standard InChI is InChI=1S/C20H17N4/c1-16-10-8-9-15-19(16)20-21-23(17-11-4-2-5-12-17)24(22-20)18-13-6-3-7-14-18/h2-15H,1H3/q+1. The highest BCUT2D eigenvalue weighted by Gasteiger charge is 2.23. The Labute approximate surface area is 140 Å². The van der Waals surface area contributed by atoms with Crippen molar-refractivity contribution in [2.45, 2.75) is 6.92 Å². The molecule has 0 N–H and O–H groups in total. The van der Waals surface area contributed by atoms with E-state index in [9.17, 15) is 0 Å². The van der Waals surface area contributed by atoms with Crippen LogP contribution in [0.4, 0.5) is 0 Å². The summed E-state index contributed by atoms with van der Waals surface area (Å²) in [6.07, 6.45) is 0. The number of para-hydroxylation sites is 2. The molecule has 1 heterocycles. The van der Waals surface area contributed by atoms with Gasteiger partial charge in [0.05, 0.1) is 10.7 Å². The van der Waals surface area contributed by atoms with Crippen LogP contribution in [-0.2, 0) is 0 Å². The van der Waals surface area contributed by atoms with Crippen LogP contribution in [0.2, 0.25) is 0 Å². The fraction of sp³-hybridized carbons (Fsp3) is 0.0500. The molecule has 24 heavy (non-hydrogen) atoms. The van der Waals surface area contributed by atoms with Crippen molar-refractivity contribution in [3.05, 3.63) is 90.5 Å². The highest BCUT2D eigenvalue weighted by Crippen LogP contribution is 2.19. The van der Waals surface area contributed by atoms with E-state index >= 15 is 0 Å². The van der Waals surface area contributed by atoms with Gasteiger partial charge < -0.3 is 0 Å². The molecule has 0 saturated heterocycles. The van der Waals surface area contributed by atoms with E-state index in [2.05, 4.69) is 19.1 Å². The summed E-state index contributed by atoms with van der Waals surface area (Å²) in [5.41, 5.74) is 4.13. The predicted molar refractivity (Wildman–Crippen MR) is 93.1 cm³/mol. The lowest BCUT2D eigenvalue weighted by molar-refractivity contribution is -0.734. The summed E-state index contributed by atoms with van der Waals surface area (Å²) in [6, 6.07) is 28.2. The van der Waals surface area contributed by atoms with Crippen LogP contribution in [0.3, 0.4) is 0 Å². The third-order valence-corrected chi connectivity index (χ3v) is 3.92. The molecule has 116 valence electrons. The first-order chi connectivity index (χ1) is 11.8. The molecule has 0 saturated carbocycles. The molecule has 4 nitrogen and oxygen atoms in total. The maximum absolute atomic E-state index is 4.76. The topological polar surface area (TPSA) is 34.6 Å². The van der Waals surface area contributed by atoms with Crippen LogP contribution in [0.15, 0.2) is 84.9 Å². The summed E-state index contributed by atoms with van der Waals surface area (Å²) in [6.45, 7) is 2.07. The van der Waals surface area contributed by atoms with Crippen LogP contribution in [0, 0.1) is 6.92 Å². The van der Waals surface area contributed by atoms with Gasteiger partial charge in [-0.15, -0.1) is 0 Å². The first-order valence-electron chi connectivity index (χ1n) is 7.89. The smallest absolute Gasteiger partial charge is 0.0621 e. The van der Waals surface area contributed by atoms with Gasteiger partial charge in [-0.05, 0) is 52.7 Å². The molecular weight excluding hydrogens is 296 g/mol. The molecule has 0 unspecified atom stereocenters. The van der Waals surface area contributed by atoms with Crippen LogP contribution in [0.1, 0.15) is 5.56 Å². The fourth-order valence-corrected chi connectivity index (χ4v) is 2.67. The molecule has 0 spiro atoms. The van der Waals surface area contributed by atoms with Gasteiger partial charge in [0, 0.05) is 4.80 Å². The van der Waals surface area contributed by atoms with Crippen LogP contribution in [0.25, 0.3) is 22.8 Å². The van der Waals surface area contributed by atoms with Gasteiger partial charge >= 0.3 is 5.82 Å². The van der Waals surface area contributed by atoms with Crippen molar-refractivity contribution >= 4 is 0 Å². The van der Waals surface area contributed by atoms with Gasteiger partial charge in [0.25, 0.3) is 0 Å². The lowest BCUT2D eigenvalue weighted by Crippen LogP contribution is -2.43. The van der Waals surface area contributed by atoms with E-state index in [1.54, 1.807) is 0 Å². The molecule has 0 aliphatic rings. The lowest BCUT2D eigenvalue weighted by Gasteiger charge is -1.98. The Bertz CT molecular complexity index is 902. The summed E-state index contributed by atoms with van der Waals surface area (Å²) in [5.74, 6) is 0.709. The third-order valence-electron chi connectivity index (χ3n) is 3.92. The second-order valence-electron chi connectivity index (χ2n) is 5.59. The van der Waals surface area contributed by atoms with Gasteiger partial charge in [0.1, 0.15) is 5.69 Å². The molecule has 4 heteroatoms. The molecule has 0 bridgehead atoms. The summed E-state index contributed by atoms with van der Waals surface area (Å²) in [7, 11) is 0. The van der Waals surface area contributed by atoms with Gasteiger partial charge in [-0.1, -0.05) is 54.6 Å². The molecule has 0 aliphatic carbocycles. The zero-order valence-corrected chi connectivity index (χ0v) is 13.4. The van der Waals surface area contributed by atoms with Crippen molar-refractivity contribution in [1.82, 2.24) is 15.0 Å². The Balaban J connectivity index is 1.94. The number of nitrogens with zero attached hydrogens (tertiary/aromatic N) is 4. The van der Waals surface area contributed by atoms with E-state index in [1.165, 1.54) is 0 Å². The number of benzene rings is 3. The Morgan fingerprint density at radius 2 is 1.38 bits per heavy atom. The van der Waals surface area contributed by atoms with E-state index in [1.807, 2.05) is 82.4 Å². The van der Waals surface area contributed by atoms with Crippen LogP contribution in [0.5, 0.6) is 0 Å². The fourth-order valence-electron chi connectivity index (χ4n) is 2.67. The summed E-state index contributed by atoms with van der Waals surface area (Å²) in [5, 5.41) is 9.51. The van der Waals surface area contributed by atoms with Crippen molar-refractivity contribution in [1.29, 1.82) is 0 Å². The maximum Gasteiger partial charge on any atom is 0.340 e. The van der Waals surface area contributed by atoms with E-state index in [0.29, 0.717) is 5.82 Å². The minimum absolute atomic E-state index is 0.709. The summed E-state index contributed by atoms with van der Waals surface area (Å²) in [4.78, 5) is 3.66. The van der Waals surface area contributed by atoms with Gasteiger partial charge in [-0.3, -0.25) is 0 Å². The first kappa shape index (κ1) is 14.3. The number of rotatable bonds is 3. The number of hydrogen-bond donors (Lipinski definition) is 0. The molecule has 0 fully saturated rings. The molecule has 4 rings (SSSR count). The first-order valence-corrected chi connectivity index (χ1v) is 7.89. The normalized spacial score (nSPS) is 10.7. The van der Waals surface area contributed by atoms with E-state index in [4.69, 9.17) is 10.2 Å². The summed E-state index contributed by atoms with van der Waals surface area (Å²) >= 11 is 0. The molecule has 0 atom stereocenters. The number of tetrazole rings is 1. The highest BCUT2D eigenvalue weighted by molar-refractivity contribution is 5.58. The van der Waals surface area contributed by atoms with Gasteiger partial charge in [-0.2, -0.15) is 0 Å². The quantitative estimate of drug-likeness (QED) is 0.542. The monoisotopic (exact) mass is 313 g/mol. The van der Waals surface area contributed by atoms with Crippen molar-refractivity contribution in [2.75, 3.05) is 0 Å². The van der Waals surface area contributed by atoms with Gasteiger partial charge in [0.2, 0.25) is 0 Å². The zero-order valence-electron chi connectivity index (χ0n) is 13.4. The average Bonchev–Trinajstić information content (AvgIpc) is 3.09. The molecule has 4 aromatic rings. The van der Waals surface area contributed by atoms with E-state index < -0.39 is 0 Å². The average molecular weight is 313 g/mol. The van der Waals surface area contributed by atoms with Gasteiger partial charge in [-0.25, -0.2) is 0 Å². The molecular formula is C20H17N4+. The van der Waals surface area contributed by atoms with Crippen molar-refractivity contribution in [2.24, 2.45) is 0 Å². The van der Waals surface area contributed by atoms with Crippen molar-refractivity contribution in [3.63, 3.8) is 0 Å². The highest BCUT2D eigenvalue weighted by atomic mass is 15.7. The largest absolute Gasteiger partial charge is 0.340 e. The number of aromatic nitrogens is 4. The Hall–Kier alpha value is -3.27. The Morgan fingerprint density at radius 1 is 0.750 bits per heavy atom. The van der Waals surface area contributed by atoms with Gasteiger partial charge in [0.15, 0.2) is 5.69 Å². The third kappa shape index (κ3) is 2.58. The van der Waals surface area contributed by atoms with Crippen molar-refractivity contribution < 1.29 is 4.80 Å². The van der Waals surface area contributed by atoms with E-state index in [-0.39, 0.29) is 0 Å². The minimum Gasteiger partial charge on any atom is -0.0621 e. The SMILES string of the molecule is Cc1ccccc1-c1nn(-c2ccccc2)[n+](-c2ccccc2)n1. The van der Waals surface area contributed by atoms with Crippen molar-refractivity contribution in [3.8, 4) is 22.8 Å². The molecule has 0 radical (unpaired) electrons. The van der Waals surface area contributed by atoms with Crippen LogP contribution < -0.4 is 4.80 Å². The predicted octanol–water partition coefficient (Wildman–Crippen LogP) is 3.52. The zero-order chi connectivity index (χ0) is 16.4. The van der Waals surface area contributed by atoms with Crippen LogP contribution in [-0.4, -0.2) is 15.0 Å². The maximum atomic E-state index is 4.76. The minimum atomic E-state index is 0.709. The second kappa shape index (κ2) is 6.08. The molecule has 0 aliphatic heterocycles. The lowest BCUT2D eigenvalue weighted by atomic mass is 10.1. The molecule has 0 amide bonds. The Morgan fingerprint density at radius 3 is 2.08 bits per heavy atom.